The molecule has 0 saturated heterocycles. The van der Waals surface area contributed by atoms with Gasteiger partial charge in [-0.2, -0.15) is 0 Å². The van der Waals surface area contributed by atoms with Crippen LogP contribution in [-0.2, 0) is 5.41 Å². The second-order valence-electron chi connectivity index (χ2n) is 10.2. The molecule has 0 radical (unpaired) electrons. The van der Waals surface area contributed by atoms with Gasteiger partial charge in [0.25, 0.3) is 0 Å². The topological polar surface area (TPSA) is 18.1 Å². The minimum Gasteiger partial charge on any atom is -0.455 e. The van der Waals surface area contributed by atoms with Gasteiger partial charge in [0.2, 0.25) is 0 Å². The summed E-state index contributed by atoms with van der Waals surface area (Å²) in [6.45, 7) is 4.63. The first-order valence-corrected chi connectivity index (χ1v) is 12.2. The van der Waals surface area contributed by atoms with Crippen molar-refractivity contribution >= 4 is 43.5 Å². The zero-order chi connectivity index (χ0) is 23.3. The molecule has 1 aliphatic carbocycles. The second-order valence-corrected chi connectivity index (χ2v) is 10.2. The zero-order valence-electron chi connectivity index (χ0n) is 19.7. The number of hydrogen-bond donors (Lipinski definition) is 0. The molecule has 0 bridgehead atoms. The number of furan rings is 1. The number of aromatic nitrogens is 1. The summed E-state index contributed by atoms with van der Waals surface area (Å²) in [5, 5.41) is 6.12. The Bertz CT molecular complexity index is 1980. The van der Waals surface area contributed by atoms with Crippen LogP contribution in [-0.4, -0.2) is 4.57 Å². The number of fused-ring (bicyclic) bond motifs is 10. The number of benzene rings is 5. The number of rotatable bonds is 1. The van der Waals surface area contributed by atoms with Gasteiger partial charge in [0.15, 0.2) is 0 Å². The SMILES string of the molecule is CC1(C)c2ccccc2-c2oc3c(ccc4c3c3ccccc3n4-c3ccc4ccccc4c3)c21. The predicted octanol–water partition coefficient (Wildman–Crippen LogP) is 8.99. The first-order valence-electron chi connectivity index (χ1n) is 12.2. The van der Waals surface area contributed by atoms with Crippen molar-refractivity contribution < 1.29 is 4.42 Å². The Kier molecular flexibility index (Phi) is 3.50. The highest BCUT2D eigenvalue weighted by molar-refractivity contribution is 6.21. The van der Waals surface area contributed by atoms with Crippen LogP contribution in [0.25, 0.3) is 60.6 Å². The largest absolute Gasteiger partial charge is 0.455 e. The van der Waals surface area contributed by atoms with Crippen LogP contribution in [0.5, 0.6) is 0 Å². The maximum Gasteiger partial charge on any atom is 0.145 e. The molecule has 2 nitrogen and oxygen atoms in total. The van der Waals surface area contributed by atoms with E-state index in [0.29, 0.717) is 0 Å². The minimum absolute atomic E-state index is 0.0957. The summed E-state index contributed by atoms with van der Waals surface area (Å²) in [7, 11) is 0. The maximum absolute atomic E-state index is 6.80. The number of nitrogens with zero attached hydrogens (tertiary/aromatic N) is 1. The molecule has 2 heterocycles. The second kappa shape index (κ2) is 6.43. The first-order chi connectivity index (χ1) is 17.1. The molecule has 0 aliphatic heterocycles. The molecule has 0 fully saturated rings. The third-order valence-corrected chi connectivity index (χ3v) is 7.95. The van der Waals surface area contributed by atoms with E-state index in [4.69, 9.17) is 4.42 Å². The van der Waals surface area contributed by atoms with Crippen molar-refractivity contribution in [3.05, 3.63) is 114 Å². The molecule has 0 amide bonds. The van der Waals surface area contributed by atoms with Gasteiger partial charge in [-0.15, -0.1) is 0 Å². The van der Waals surface area contributed by atoms with Gasteiger partial charge in [-0.25, -0.2) is 0 Å². The fourth-order valence-electron chi connectivity index (χ4n) is 6.37. The van der Waals surface area contributed by atoms with Gasteiger partial charge in [-0.3, -0.25) is 0 Å². The quantitative estimate of drug-likeness (QED) is 0.244. The lowest BCUT2D eigenvalue weighted by atomic mass is 9.81. The molecule has 0 N–H and O–H groups in total. The first kappa shape index (κ1) is 19.1. The minimum atomic E-state index is -0.0957. The average molecular weight is 450 g/mol. The van der Waals surface area contributed by atoms with Crippen molar-refractivity contribution in [2.45, 2.75) is 19.3 Å². The van der Waals surface area contributed by atoms with Crippen LogP contribution in [0.15, 0.2) is 108 Å². The predicted molar refractivity (Wildman–Crippen MR) is 146 cm³/mol. The van der Waals surface area contributed by atoms with E-state index in [0.717, 1.165) is 11.3 Å². The smallest absolute Gasteiger partial charge is 0.145 e. The Labute approximate surface area is 203 Å². The van der Waals surface area contributed by atoms with Crippen molar-refractivity contribution in [2.24, 2.45) is 0 Å². The van der Waals surface area contributed by atoms with E-state index >= 15 is 0 Å². The van der Waals surface area contributed by atoms with Gasteiger partial charge < -0.3 is 8.98 Å². The molecule has 2 aromatic heterocycles. The van der Waals surface area contributed by atoms with Crippen LogP contribution in [0, 0.1) is 0 Å². The normalized spacial score (nSPS) is 14.2. The zero-order valence-corrected chi connectivity index (χ0v) is 19.7. The average Bonchev–Trinajstić information content (AvgIpc) is 3.51. The monoisotopic (exact) mass is 449 g/mol. The Balaban J connectivity index is 1.51. The maximum atomic E-state index is 6.80. The molecule has 0 saturated carbocycles. The highest BCUT2D eigenvalue weighted by Crippen LogP contribution is 2.54. The van der Waals surface area contributed by atoms with E-state index < -0.39 is 0 Å². The highest BCUT2D eigenvalue weighted by Gasteiger charge is 2.40. The van der Waals surface area contributed by atoms with Gasteiger partial charge in [0, 0.05) is 33.0 Å². The lowest BCUT2D eigenvalue weighted by Crippen LogP contribution is -2.14. The lowest BCUT2D eigenvalue weighted by Gasteiger charge is -2.20. The summed E-state index contributed by atoms with van der Waals surface area (Å²) in [5.41, 5.74) is 8.29. The fourth-order valence-corrected chi connectivity index (χ4v) is 6.37. The van der Waals surface area contributed by atoms with Crippen molar-refractivity contribution in [2.75, 3.05) is 0 Å². The van der Waals surface area contributed by atoms with E-state index in [-0.39, 0.29) is 5.41 Å². The Morgan fingerprint density at radius 1 is 0.657 bits per heavy atom. The van der Waals surface area contributed by atoms with Gasteiger partial charge >= 0.3 is 0 Å². The summed E-state index contributed by atoms with van der Waals surface area (Å²) in [6, 6.07) is 37.2. The Morgan fingerprint density at radius 2 is 1.43 bits per heavy atom. The van der Waals surface area contributed by atoms with Gasteiger partial charge in [0.1, 0.15) is 11.3 Å². The standard InChI is InChI=1S/C33H23NO/c1-33(2)26-13-7-5-11-23(26)32-30(33)25-17-18-28-29(31(25)35-32)24-12-6-8-14-27(24)34(28)22-16-15-20-9-3-4-10-21(20)19-22/h3-19H,1-2H3. The summed E-state index contributed by atoms with van der Waals surface area (Å²) in [5.74, 6) is 1.02. The molecular weight excluding hydrogens is 426 g/mol. The Hall–Kier alpha value is -4.30. The molecule has 0 unspecified atom stereocenters. The van der Waals surface area contributed by atoms with Crippen LogP contribution in [0.3, 0.4) is 0 Å². The lowest BCUT2D eigenvalue weighted by molar-refractivity contribution is 0.622. The summed E-state index contributed by atoms with van der Waals surface area (Å²) >= 11 is 0. The molecule has 1 aliphatic rings. The van der Waals surface area contributed by atoms with Crippen molar-refractivity contribution in [1.29, 1.82) is 0 Å². The molecule has 0 spiro atoms. The highest BCUT2D eigenvalue weighted by atomic mass is 16.3. The van der Waals surface area contributed by atoms with Gasteiger partial charge in [-0.1, -0.05) is 86.6 Å². The van der Waals surface area contributed by atoms with E-state index in [1.807, 2.05) is 0 Å². The van der Waals surface area contributed by atoms with E-state index in [1.165, 1.54) is 60.3 Å². The molecule has 166 valence electrons. The summed E-state index contributed by atoms with van der Waals surface area (Å²) < 4.78 is 9.18. The van der Waals surface area contributed by atoms with E-state index in [2.05, 4.69) is 122 Å². The van der Waals surface area contributed by atoms with Crippen molar-refractivity contribution in [1.82, 2.24) is 4.57 Å². The van der Waals surface area contributed by atoms with E-state index in [9.17, 15) is 0 Å². The van der Waals surface area contributed by atoms with E-state index in [1.54, 1.807) is 0 Å². The Morgan fingerprint density at radius 3 is 2.34 bits per heavy atom. The van der Waals surface area contributed by atoms with Crippen LogP contribution in [0.2, 0.25) is 0 Å². The van der Waals surface area contributed by atoms with Crippen molar-refractivity contribution in [3.8, 4) is 17.0 Å². The summed E-state index contributed by atoms with van der Waals surface area (Å²) in [4.78, 5) is 0. The van der Waals surface area contributed by atoms with Gasteiger partial charge in [-0.05, 0) is 46.7 Å². The molecule has 7 aromatic rings. The van der Waals surface area contributed by atoms with Crippen LogP contribution in [0.1, 0.15) is 25.0 Å². The van der Waals surface area contributed by atoms with Crippen LogP contribution >= 0.6 is 0 Å². The van der Waals surface area contributed by atoms with Crippen LogP contribution in [0.4, 0.5) is 0 Å². The molecule has 8 rings (SSSR count). The van der Waals surface area contributed by atoms with Crippen LogP contribution < -0.4 is 0 Å². The molecular formula is C33H23NO. The summed E-state index contributed by atoms with van der Waals surface area (Å²) in [6.07, 6.45) is 0. The third-order valence-electron chi connectivity index (χ3n) is 7.95. The number of para-hydroxylation sites is 1. The molecule has 0 atom stereocenters. The molecule has 2 heteroatoms. The molecule has 5 aromatic carbocycles. The number of hydrogen-bond acceptors (Lipinski definition) is 1. The third kappa shape index (κ3) is 2.34. The fraction of sp³-hybridized carbons (Fsp3) is 0.0909. The van der Waals surface area contributed by atoms with Gasteiger partial charge in [0.05, 0.1) is 16.4 Å². The van der Waals surface area contributed by atoms with Crippen molar-refractivity contribution in [3.63, 3.8) is 0 Å². The molecule has 35 heavy (non-hydrogen) atoms.